The lowest BCUT2D eigenvalue weighted by Gasteiger charge is -2.22. The molecule has 1 heterocycles. The lowest BCUT2D eigenvalue weighted by Crippen LogP contribution is -2.29. The standard InChI is InChI=1S/C29H23ClN2O4S2/c1-38(34,35)32(19-20-11-13-22(30)14-12-20)23-15-16-27-21(17-23)18-28(37-27)29(33)31-25-9-5-6-10-26(25)36-24-7-3-2-4-8-24/h2-18H,19H2,1H3,(H,31,33). The van der Waals surface area contributed by atoms with Crippen molar-refractivity contribution in [3.8, 4) is 11.5 Å². The Morgan fingerprint density at radius 2 is 1.63 bits per heavy atom. The minimum absolute atomic E-state index is 0.164. The molecular formula is C29H23ClN2O4S2. The summed E-state index contributed by atoms with van der Waals surface area (Å²) in [6.07, 6.45) is 1.18. The van der Waals surface area contributed by atoms with Crippen LogP contribution in [0.15, 0.2) is 103 Å². The van der Waals surface area contributed by atoms with E-state index in [0.717, 1.165) is 15.6 Å². The number of sulfonamides is 1. The van der Waals surface area contributed by atoms with Crippen molar-refractivity contribution in [2.24, 2.45) is 0 Å². The number of ether oxygens (including phenoxy) is 1. The lowest BCUT2D eigenvalue weighted by atomic mass is 10.2. The molecule has 0 saturated heterocycles. The summed E-state index contributed by atoms with van der Waals surface area (Å²) in [6, 6.07) is 30.8. The smallest absolute Gasteiger partial charge is 0.265 e. The summed E-state index contributed by atoms with van der Waals surface area (Å²) in [5.74, 6) is 0.914. The highest BCUT2D eigenvalue weighted by Crippen LogP contribution is 2.33. The molecule has 192 valence electrons. The Balaban J connectivity index is 1.39. The van der Waals surface area contributed by atoms with Gasteiger partial charge in [0, 0.05) is 9.72 Å². The molecule has 0 spiro atoms. The molecule has 1 aromatic heterocycles. The predicted octanol–water partition coefficient (Wildman–Crippen LogP) is 7.57. The summed E-state index contributed by atoms with van der Waals surface area (Å²) in [6.45, 7) is 0.164. The van der Waals surface area contributed by atoms with Crippen LogP contribution in [0.1, 0.15) is 15.2 Å². The van der Waals surface area contributed by atoms with Gasteiger partial charge in [-0.2, -0.15) is 0 Å². The van der Waals surface area contributed by atoms with Gasteiger partial charge in [0.2, 0.25) is 10.0 Å². The van der Waals surface area contributed by atoms with Crippen LogP contribution in [0.3, 0.4) is 0 Å². The van der Waals surface area contributed by atoms with E-state index in [1.807, 2.05) is 48.5 Å². The van der Waals surface area contributed by atoms with Gasteiger partial charge >= 0.3 is 0 Å². The monoisotopic (exact) mass is 562 g/mol. The van der Waals surface area contributed by atoms with E-state index in [0.29, 0.717) is 32.8 Å². The van der Waals surface area contributed by atoms with E-state index in [-0.39, 0.29) is 12.5 Å². The molecule has 1 N–H and O–H groups in total. The number of nitrogens with one attached hydrogen (secondary N) is 1. The van der Waals surface area contributed by atoms with Crippen LogP contribution in [0, 0.1) is 0 Å². The molecule has 38 heavy (non-hydrogen) atoms. The van der Waals surface area contributed by atoms with Gasteiger partial charge in [0.05, 0.1) is 29.1 Å². The zero-order chi connectivity index (χ0) is 26.7. The van der Waals surface area contributed by atoms with Crippen molar-refractivity contribution in [3.63, 3.8) is 0 Å². The largest absolute Gasteiger partial charge is 0.455 e. The molecule has 5 aromatic rings. The molecule has 0 atom stereocenters. The van der Waals surface area contributed by atoms with E-state index in [1.54, 1.807) is 54.6 Å². The number of anilines is 2. The number of benzene rings is 4. The van der Waals surface area contributed by atoms with Crippen LogP contribution in [0.2, 0.25) is 5.02 Å². The molecule has 0 fully saturated rings. The van der Waals surface area contributed by atoms with Crippen molar-refractivity contribution in [1.29, 1.82) is 0 Å². The topological polar surface area (TPSA) is 75.7 Å². The number of hydrogen-bond acceptors (Lipinski definition) is 5. The molecule has 0 aliphatic rings. The summed E-state index contributed by atoms with van der Waals surface area (Å²) in [4.78, 5) is 13.7. The lowest BCUT2D eigenvalue weighted by molar-refractivity contribution is 0.103. The predicted molar refractivity (Wildman–Crippen MR) is 155 cm³/mol. The van der Waals surface area contributed by atoms with Gasteiger partial charge in [-0.25, -0.2) is 8.42 Å². The van der Waals surface area contributed by atoms with Gasteiger partial charge in [-0.3, -0.25) is 9.10 Å². The Hall–Kier alpha value is -3.85. The number of fused-ring (bicyclic) bond motifs is 1. The summed E-state index contributed by atoms with van der Waals surface area (Å²) in [7, 11) is -3.57. The Morgan fingerprint density at radius 3 is 2.37 bits per heavy atom. The van der Waals surface area contributed by atoms with Crippen molar-refractivity contribution in [1.82, 2.24) is 0 Å². The Bertz CT molecular complexity index is 1700. The van der Waals surface area contributed by atoms with Gasteiger partial charge in [-0.05, 0) is 71.6 Å². The number of hydrogen-bond donors (Lipinski definition) is 1. The van der Waals surface area contributed by atoms with Crippen LogP contribution in [-0.2, 0) is 16.6 Å². The highest BCUT2D eigenvalue weighted by atomic mass is 35.5. The third-order valence-corrected chi connectivity index (χ3v) is 8.27. The molecule has 1 amide bonds. The van der Waals surface area contributed by atoms with Gasteiger partial charge in [-0.1, -0.05) is 54.1 Å². The first-order chi connectivity index (χ1) is 18.3. The van der Waals surface area contributed by atoms with Crippen molar-refractivity contribution < 1.29 is 17.9 Å². The maximum atomic E-state index is 13.2. The van der Waals surface area contributed by atoms with Gasteiger partial charge in [-0.15, -0.1) is 11.3 Å². The number of carbonyl (C=O) groups excluding carboxylic acids is 1. The number of thiophene rings is 1. The molecule has 9 heteroatoms. The van der Waals surface area contributed by atoms with Crippen LogP contribution in [-0.4, -0.2) is 20.6 Å². The fourth-order valence-corrected chi connectivity index (χ4v) is 5.86. The first-order valence-corrected chi connectivity index (χ1v) is 14.7. The molecule has 0 saturated carbocycles. The molecule has 0 radical (unpaired) electrons. The molecule has 0 bridgehead atoms. The fraction of sp³-hybridized carbons (Fsp3) is 0.0690. The molecule has 6 nitrogen and oxygen atoms in total. The fourth-order valence-electron chi connectivity index (χ4n) is 3.91. The second kappa shape index (κ2) is 10.9. The van der Waals surface area contributed by atoms with Gasteiger partial charge < -0.3 is 10.1 Å². The third kappa shape index (κ3) is 5.99. The van der Waals surface area contributed by atoms with E-state index in [4.69, 9.17) is 16.3 Å². The van der Waals surface area contributed by atoms with Gasteiger partial charge in [0.1, 0.15) is 5.75 Å². The molecule has 0 aliphatic carbocycles. The average Bonchev–Trinajstić information content (AvgIpc) is 3.33. The van der Waals surface area contributed by atoms with Crippen LogP contribution in [0.25, 0.3) is 10.1 Å². The van der Waals surface area contributed by atoms with Crippen LogP contribution >= 0.6 is 22.9 Å². The number of rotatable bonds is 8. The number of amides is 1. The SMILES string of the molecule is CS(=O)(=O)N(Cc1ccc(Cl)cc1)c1ccc2sc(C(=O)Nc3ccccc3Oc3ccccc3)cc2c1. The van der Waals surface area contributed by atoms with E-state index >= 15 is 0 Å². The number of carbonyl (C=O) groups is 1. The molecule has 5 rings (SSSR count). The van der Waals surface area contributed by atoms with Gasteiger partial charge in [0.25, 0.3) is 5.91 Å². The molecule has 4 aromatic carbocycles. The maximum absolute atomic E-state index is 13.2. The first kappa shape index (κ1) is 25.8. The van der Waals surface area contributed by atoms with Crippen molar-refractivity contribution in [2.45, 2.75) is 6.54 Å². The van der Waals surface area contributed by atoms with Crippen molar-refractivity contribution in [2.75, 3.05) is 15.9 Å². The summed E-state index contributed by atoms with van der Waals surface area (Å²) in [5.41, 5.74) is 1.87. The Morgan fingerprint density at radius 1 is 0.921 bits per heavy atom. The van der Waals surface area contributed by atoms with Crippen molar-refractivity contribution in [3.05, 3.63) is 119 Å². The van der Waals surface area contributed by atoms with E-state index in [9.17, 15) is 13.2 Å². The highest BCUT2D eigenvalue weighted by molar-refractivity contribution is 7.92. The number of nitrogens with zero attached hydrogens (tertiary/aromatic N) is 1. The van der Waals surface area contributed by atoms with Gasteiger partial charge in [0.15, 0.2) is 5.75 Å². The molecule has 0 unspecified atom stereocenters. The second-order valence-electron chi connectivity index (χ2n) is 8.59. The zero-order valence-corrected chi connectivity index (χ0v) is 22.7. The average molecular weight is 563 g/mol. The second-order valence-corrected chi connectivity index (χ2v) is 12.0. The number of halogens is 1. The quantitative estimate of drug-likeness (QED) is 0.212. The van der Waals surface area contributed by atoms with Crippen LogP contribution in [0.4, 0.5) is 11.4 Å². The normalized spacial score (nSPS) is 11.3. The van der Waals surface area contributed by atoms with Crippen molar-refractivity contribution >= 4 is 60.3 Å². The number of para-hydroxylation sites is 3. The maximum Gasteiger partial charge on any atom is 0.265 e. The zero-order valence-electron chi connectivity index (χ0n) is 20.3. The van der Waals surface area contributed by atoms with E-state index in [2.05, 4.69) is 5.32 Å². The van der Waals surface area contributed by atoms with E-state index in [1.165, 1.54) is 21.9 Å². The molecular weight excluding hydrogens is 540 g/mol. The Kier molecular flexibility index (Phi) is 7.37. The summed E-state index contributed by atoms with van der Waals surface area (Å²) >= 11 is 7.31. The first-order valence-electron chi connectivity index (χ1n) is 11.7. The minimum atomic E-state index is -3.57. The minimum Gasteiger partial charge on any atom is -0.455 e. The summed E-state index contributed by atoms with van der Waals surface area (Å²) in [5, 5.41) is 4.29. The van der Waals surface area contributed by atoms with E-state index < -0.39 is 10.0 Å². The summed E-state index contributed by atoms with van der Waals surface area (Å²) < 4.78 is 33.4. The van der Waals surface area contributed by atoms with Crippen LogP contribution in [0.5, 0.6) is 11.5 Å². The third-order valence-electron chi connectivity index (χ3n) is 5.76. The molecule has 0 aliphatic heterocycles. The van der Waals surface area contributed by atoms with Crippen LogP contribution < -0.4 is 14.4 Å². The highest BCUT2D eigenvalue weighted by Gasteiger charge is 2.20. The Labute approximate surface area is 230 Å².